The lowest BCUT2D eigenvalue weighted by molar-refractivity contribution is -0.144. The largest absolute Gasteiger partial charge is 0.368 e. The fraction of sp³-hybridized carbons (Fsp3) is 0.818. The molecule has 2 unspecified atom stereocenters. The number of nitrogens with one attached hydrogen (secondary N) is 1. The van der Waals surface area contributed by atoms with Crippen LogP contribution in [0.25, 0.3) is 0 Å². The van der Waals surface area contributed by atoms with Crippen LogP contribution in [0.2, 0.25) is 0 Å². The molecule has 5 atom stereocenters. The quantitative estimate of drug-likeness (QED) is 0.531. The molecule has 0 bridgehead atoms. The fourth-order valence-corrected chi connectivity index (χ4v) is 5.10. The first kappa shape index (κ1) is 23.5. The Labute approximate surface area is 184 Å². The maximum Gasteiger partial charge on any atom is 0.243 e. The molecule has 2 aliphatic heterocycles. The van der Waals surface area contributed by atoms with Gasteiger partial charge in [0, 0.05) is 26.1 Å². The lowest BCUT2D eigenvalue weighted by Gasteiger charge is -2.36. The number of nitrogens with zero attached hydrogens (tertiary/aromatic N) is 2. The van der Waals surface area contributed by atoms with Crippen molar-refractivity contribution in [1.82, 2.24) is 15.1 Å². The molecule has 1 aliphatic carbocycles. The van der Waals surface area contributed by atoms with Gasteiger partial charge in [-0.25, -0.2) is 0 Å². The van der Waals surface area contributed by atoms with Gasteiger partial charge in [0.2, 0.25) is 23.6 Å². The molecule has 2 heterocycles. The molecule has 9 nitrogen and oxygen atoms in total. The number of carbonyl (C=O) groups excluding carboxylic acids is 4. The molecule has 0 aromatic rings. The van der Waals surface area contributed by atoms with Gasteiger partial charge in [-0.05, 0) is 35.5 Å². The molecule has 0 spiro atoms. The third-order valence-corrected chi connectivity index (χ3v) is 7.44. The highest BCUT2D eigenvalue weighted by molar-refractivity contribution is 5.94. The second-order valence-corrected chi connectivity index (χ2v) is 11.0. The standard InChI is InChI=1S/C22H37N5O4/c1-21(2,3)17(23)20(31)27-10-12-15(22(12,4)5)16(27)19(30)25-13(18(24)29)11-26-9-7-6-8-14(26)28/h12-13,15-17H,6-11,23H2,1-5H3,(H2,24,29)(H,25,30)/t12-,13?,15-,16-,17?/m0/s1. The van der Waals surface area contributed by atoms with Gasteiger partial charge in [-0.3, -0.25) is 19.2 Å². The summed E-state index contributed by atoms with van der Waals surface area (Å²) in [6.45, 7) is 10.9. The van der Waals surface area contributed by atoms with Crippen LogP contribution in [0.15, 0.2) is 0 Å². The van der Waals surface area contributed by atoms with E-state index in [2.05, 4.69) is 19.2 Å². The minimum absolute atomic E-state index is 0.00811. The summed E-state index contributed by atoms with van der Waals surface area (Å²) in [5.41, 5.74) is 11.3. The summed E-state index contributed by atoms with van der Waals surface area (Å²) in [4.78, 5) is 53.9. The maximum absolute atomic E-state index is 13.3. The summed E-state index contributed by atoms with van der Waals surface area (Å²) in [7, 11) is 0. The van der Waals surface area contributed by atoms with Crippen molar-refractivity contribution in [2.75, 3.05) is 19.6 Å². The summed E-state index contributed by atoms with van der Waals surface area (Å²) in [6.07, 6.45) is 2.12. The van der Waals surface area contributed by atoms with Gasteiger partial charge in [-0.2, -0.15) is 0 Å². The van der Waals surface area contributed by atoms with Crippen LogP contribution in [0.1, 0.15) is 53.9 Å². The Bertz CT molecular complexity index is 774. The van der Waals surface area contributed by atoms with Crippen LogP contribution in [-0.2, 0) is 19.2 Å². The van der Waals surface area contributed by atoms with Crippen LogP contribution in [0, 0.1) is 22.7 Å². The Balaban J connectivity index is 1.76. The summed E-state index contributed by atoms with van der Waals surface area (Å²) in [6, 6.07) is -2.43. The lowest BCUT2D eigenvalue weighted by Crippen LogP contribution is -2.60. The molecule has 174 valence electrons. The zero-order chi connectivity index (χ0) is 23.3. The zero-order valence-corrected chi connectivity index (χ0v) is 19.3. The van der Waals surface area contributed by atoms with E-state index in [1.54, 1.807) is 9.80 Å². The van der Waals surface area contributed by atoms with Crippen molar-refractivity contribution in [3.8, 4) is 0 Å². The first-order valence-electron chi connectivity index (χ1n) is 11.2. The van der Waals surface area contributed by atoms with Crippen LogP contribution in [0.4, 0.5) is 0 Å². The maximum atomic E-state index is 13.3. The van der Waals surface area contributed by atoms with E-state index < -0.39 is 35.4 Å². The Hall–Kier alpha value is -2.16. The predicted molar refractivity (Wildman–Crippen MR) is 115 cm³/mol. The first-order chi connectivity index (χ1) is 14.3. The average molecular weight is 436 g/mol. The first-order valence-corrected chi connectivity index (χ1v) is 11.2. The lowest BCUT2D eigenvalue weighted by atomic mass is 9.86. The normalized spacial score (nSPS) is 29.2. The van der Waals surface area contributed by atoms with Gasteiger partial charge in [-0.1, -0.05) is 34.6 Å². The van der Waals surface area contributed by atoms with Gasteiger partial charge in [-0.15, -0.1) is 0 Å². The van der Waals surface area contributed by atoms with Crippen molar-refractivity contribution in [2.45, 2.75) is 72.0 Å². The van der Waals surface area contributed by atoms with Gasteiger partial charge in [0.15, 0.2) is 0 Å². The molecule has 3 fully saturated rings. The third kappa shape index (κ3) is 4.42. The van der Waals surface area contributed by atoms with Gasteiger partial charge >= 0.3 is 0 Å². The monoisotopic (exact) mass is 435 g/mol. The van der Waals surface area contributed by atoms with Gasteiger partial charge < -0.3 is 26.6 Å². The predicted octanol–water partition coefficient (Wildman–Crippen LogP) is -0.175. The number of nitrogens with two attached hydrogens (primary N) is 2. The van der Waals surface area contributed by atoms with Crippen molar-refractivity contribution in [3.63, 3.8) is 0 Å². The number of rotatable bonds is 6. The molecule has 31 heavy (non-hydrogen) atoms. The highest BCUT2D eigenvalue weighted by atomic mass is 16.2. The van der Waals surface area contributed by atoms with Crippen LogP contribution in [-0.4, -0.2) is 71.2 Å². The third-order valence-electron chi connectivity index (χ3n) is 7.44. The van der Waals surface area contributed by atoms with E-state index in [0.717, 1.165) is 12.8 Å². The Morgan fingerprint density at radius 1 is 1.23 bits per heavy atom. The summed E-state index contributed by atoms with van der Waals surface area (Å²) >= 11 is 0. The van der Waals surface area contributed by atoms with E-state index in [9.17, 15) is 19.2 Å². The molecule has 4 amide bonds. The number of amides is 4. The number of hydrogen-bond donors (Lipinski definition) is 3. The van der Waals surface area contributed by atoms with Gasteiger partial charge in [0.1, 0.15) is 12.1 Å². The Morgan fingerprint density at radius 3 is 2.42 bits per heavy atom. The second kappa shape index (κ2) is 8.07. The SMILES string of the molecule is CC(C)(C)C(N)C(=O)N1C[C@H]2[C@@H]([C@H]1C(=O)NC(CN1CCCCC1=O)C(N)=O)C2(C)C. The van der Waals surface area contributed by atoms with Crippen LogP contribution in [0.5, 0.6) is 0 Å². The highest BCUT2D eigenvalue weighted by Crippen LogP contribution is 2.65. The van der Waals surface area contributed by atoms with Crippen LogP contribution < -0.4 is 16.8 Å². The van der Waals surface area contributed by atoms with Gasteiger partial charge in [0.25, 0.3) is 0 Å². The van der Waals surface area contributed by atoms with E-state index >= 15 is 0 Å². The van der Waals surface area contributed by atoms with Gasteiger partial charge in [0.05, 0.1) is 6.04 Å². The molecular weight excluding hydrogens is 398 g/mol. The van der Waals surface area contributed by atoms with E-state index in [1.165, 1.54) is 0 Å². The number of carbonyl (C=O) groups is 4. The Kier molecular flexibility index (Phi) is 6.12. The van der Waals surface area contributed by atoms with E-state index in [1.807, 2.05) is 20.8 Å². The zero-order valence-electron chi connectivity index (χ0n) is 19.3. The highest BCUT2D eigenvalue weighted by Gasteiger charge is 2.69. The number of likely N-dealkylation sites (tertiary alicyclic amines) is 2. The van der Waals surface area contributed by atoms with Crippen LogP contribution in [0.3, 0.4) is 0 Å². The Morgan fingerprint density at radius 2 is 1.87 bits per heavy atom. The second-order valence-electron chi connectivity index (χ2n) is 11.0. The molecule has 0 aromatic carbocycles. The smallest absolute Gasteiger partial charge is 0.243 e. The van der Waals surface area contributed by atoms with E-state index in [-0.39, 0.29) is 35.6 Å². The molecule has 0 radical (unpaired) electrons. The molecule has 0 aromatic heterocycles. The average Bonchev–Trinajstić information content (AvgIpc) is 3.02. The number of primary amides is 1. The van der Waals surface area contributed by atoms with Crippen molar-refractivity contribution in [2.24, 2.45) is 34.1 Å². The number of hydrogen-bond acceptors (Lipinski definition) is 5. The minimum Gasteiger partial charge on any atom is -0.368 e. The molecular formula is C22H37N5O4. The van der Waals surface area contributed by atoms with Crippen LogP contribution >= 0.6 is 0 Å². The molecule has 5 N–H and O–H groups in total. The molecule has 3 aliphatic rings. The molecule has 2 saturated heterocycles. The minimum atomic E-state index is -0.997. The topological polar surface area (TPSA) is 139 Å². The van der Waals surface area contributed by atoms with E-state index in [0.29, 0.717) is 19.5 Å². The van der Waals surface area contributed by atoms with Crippen molar-refractivity contribution >= 4 is 23.6 Å². The summed E-state index contributed by atoms with van der Waals surface area (Å²) < 4.78 is 0. The van der Waals surface area contributed by atoms with Crippen molar-refractivity contribution < 1.29 is 19.2 Å². The molecule has 3 rings (SSSR count). The molecule has 9 heteroatoms. The number of piperidine rings is 2. The number of fused-ring (bicyclic) bond motifs is 1. The van der Waals surface area contributed by atoms with Crippen molar-refractivity contribution in [1.29, 1.82) is 0 Å². The molecule has 1 saturated carbocycles. The van der Waals surface area contributed by atoms with E-state index in [4.69, 9.17) is 11.5 Å². The fourth-order valence-electron chi connectivity index (χ4n) is 5.10. The summed E-state index contributed by atoms with van der Waals surface area (Å²) in [5, 5.41) is 2.74. The van der Waals surface area contributed by atoms with Crippen molar-refractivity contribution in [3.05, 3.63) is 0 Å². The summed E-state index contributed by atoms with van der Waals surface area (Å²) in [5.74, 6) is -1.16.